The third kappa shape index (κ3) is 7.74. The maximum atomic E-state index is 14.2. The summed E-state index contributed by atoms with van der Waals surface area (Å²) in [5.41, 5.74) is 1.75. The second kappa shape index (κ2) is 14.1. The summed E-state index contributed by atoms with van der Waals surface area (Å²) in [7, 11) is -4.30. The molecule has 42 heavy (non-hydrogen) atoms. The highest BCUT2D eigenvalue weighted by Gasteiger charge is 2.34. The summed E-state index contributed by atoms with van der Waals surface area (Å²) >= 11 is 6.24. The number of para-hydroxylation sites is 1. The number of carbonyl (C=O) groups is 2. The zero-order valence-electron chi connectivity index (χ0n) is 23.0. The molecule has 4 aromatic carbocycles. The Labute approximate surface area is 250 Å². The third-order valence-electron chi connectivity index (χ3n) is 6.59. The van der Waals surface area contributed by atoms with Crippen molar-refractivity contribution in [3.8, 4) is 0 Å². The van der Waals surface area contributed by atoms with Crippen molar-refractivity contribution >= 4 is 39.1 Å². The lowest BCUT2D eigenvalue weighted by Crippen LogP contribution is -2.53. The number of amides is 2. The van der Waals surface area contributed by atoms with E-state index in [4.69, 9.17) is 11.6 Å². The van der Waals surface area contributed by atoms with Crippen LogP contribution in [0.15, 0.2) is 114 Å². The second-order valence-electron chi connectivity index (χ2n) is 9.55. The van der Waals surface area contributed by atoms with Gasteiger partial charge in [0.2, 0.25) is 11.8 Å². The van der Waals surface area contributed by atoms with E-state index in [0.717, 1.165) is 34.1 Å². The van der Waals surface area contributed by atoms with Gasteiger partial charge in [-0.25, -0.2) is 12.8 Å². The number of halogens is 2. The molecular formula is C32H31ClFN3O4S. The van der Waals surface area contributed by atoms with E-state index in [-0.39, 0.29) is 29.5 Å². The van der Waals surface area contributed by atoms with Crippen molar-refractivity contribution in [2.75, 3.05) is 17.4 Å². The Morgan fingerprint density at radius 2 is 1.48 bits per heavy atom. The van der Waals surface area contributed by atoms with Crippen LogP contribution in [0.25, 0.3) is 0 Å². The molecule has 0 spiro atoms. The molecule has 1 N–H and O–H groups in total. The Morgan fingerprint density at radius 1 is 0.857 bits per heavy atom. The third-order valence-corrected chi connectivity index (χ3v) is 8.61. The molecule has 0 saturated carbocycles. The van der Waals surface area contributed by atoms with Crippen LogP contribution in [0.1, 0.15) is 18.1 Å². The Balaban J connectivity index is 1.78. The predicted octanol–water partition coefficient (Wildman–Crippen LogP) is 5.45. The molecule has 7 nitrogen and oxygen atoms in total. The highest BCUT2D eigenvalue weighted by molar-refractivity contribution is 7.92. The van der Waals surface area contributed by atoms with Gasteiger partial charge >= 0.3 is 0 Å². The zero-order chi connectivity index (χ0) is 30.1. The molecule has 4 aromatic rings. The molecule has 1 atom stereocenters. The number of anilines is 1. The molecular weight excluding hydrogens is 577 g/mol. The van der Waals surface area contributed by atoms with Crippen LogP contribution >= 0.6 is 11.6 Å². The molecule has 0 aliphatic heterocycles. The Hall–Kier alpha value is -4.21. The Kier molecular flexibility index (Phi) is 10.3. The smallest absolute Gasteiger partial charge is 0.264 e. The molecule has 2 amide bonds. The van der Waals surface area contributed by atoms with Gasteiger partial charge in [0.25, 0.3) is 10.0 Å². The molecule has 10 heteroatoms. The maximum Gasteiger partial charge on any atom is 0.264 e. The Morgan fingerprint density at radius 3 is 2.10 bits per heavy atom. The minimum Gasteiger partial charge on any atom is -0.355 e. The van der Waals surface area contributed by atoms with Crippen LogP contribution in [0.3, 0.4) is 0 Å². The van der Waals surface area contributed by atoms with E-state index in [1.165, 1.54) is 4.90 Å². The van der Waals surface area contributed by atoms with Gasteiger partial charge in [0.05, 0.1) is 10.6 Å². The zero-order valence-corrected chi connectivity index (χ0v) is 24.6. The molecule has 0 aliphatic rings. The number of nitrogens with zero attached hydrogens (tertiary/aromatic N) is 2. The first-order valence-electron chi connectivity index (χ1n) is 13.4. The van der Waals surface area contributed by atoms with Gasteiger partial charge < -0.3 is 10.2 Å². The number of nitrogens with one attached hydrogen (secondary N) is 1. The van der Waals surface area contributed by atoms with Gasteiger partial charge in [-0.1, -0.05) is 72.3 Å². The van der Waals surface area contributed by atoms with E-state index >= 15 is 0 Å². The fraction of sp³-hybridized carbons (Fsp3) is 0.188. The van der Waals surface area contributed by atoms with Gasteiger partial charge in [-0.05, 0) is 66.6 Å². The molecule has 0 aliphatic carbocycles. The summed E-state index contributed by atoms with van der Waals surface area (Å²) in [5.74, 6) is -1.56. The fourth-order valence-corrected chi connectivity index (χ4v) is 6.16. The number of hydrogen-bond acceptors (Lipinski definition) is 4. The monoisotopic (exact) mass is 607 g/mol. The van der Waals surface area contributed by atoms with Crippen molar-refractivity contribution in [3.05, 3.63) is 131 Å². The molecule has 0 saturated heterocycles. The number of hydrogen-bond donors (Lipinski definition) is 1. The van der Waals surface area contributed by atoms with E-state index in [2.05, 4.69) is 5.32 Å². The number of carbonyl (C=O) groups excluding carboxylic acids is 2. The van der Waals surface area contributed by atoms with E-state index in [1.807, 2.05) is 30.3 Å². The SMILES string of the molecule is CCNC(=O)C(Cc1ccccc1)N(Cc1cccc(Cl)c1)C(=O)CN(c1ccccc1)S(=O)(=O)c1ccc(F)cc1. The summed E-state index contributed by atoms with van der Waals surface area (Å²) in [6, 6.07) is 27.8. The van der Waals surface area contributed by atoms with Crippen LogP contribution < -0.4 is 9.62 Å². The first kappa shape index (κ1) is 30.7. The molecule has 0 fully saturated rings. The number of likely N-dealkylation sites (N-methyl/N-ethyl adjacent to an activating group) is 1. The first-order valence-corrected chi connectivity index (χ1v) is 15.2. The number of sulfonamides is 1. The van der Waals surface area contributed by atoms with Gasteiger partial charge in [-0.15, -0.1) is 0 Å². The lowest BCUT2D eigenvalue weighted by Gasteiger charge is -2.33. The summed E-state index contributed by atoms with van der Waals surface area (Å²) in [5, 5.41) is 3.28. The fourth-order valence-electron chi connectivity index (χ4n) is 4.53. The van der Waals surface area contributed by atoms with Crippen molar-refractivity contribution in [1.82, 2.24) is 10.2 Å². The molecule has 218 valence electrons. The van der Waals surface area contributed by atoms with Crippen LogP contribution in [0.2, 0.25) is 5.02 Å². The summed E-state index contributed by atoms with van der Waals surface area (Å²) in [6.07, 6.45) is 0.203. The van der Waals surface area contributed by atoms with Gasteiger partial charge in [0.15, 0.2) is 0 Å². The standard InChI is InChI=1S/C32H31ClFN3O4S/c1-2-35-32(39)30(21-24-10-5-3-6-11-24)36(22-25-12-9-13-26(33)20-25)31(38)23-37(28-14-7-4-8-15-28)42(40,41)29-18-16-27(34)17-19-29/h3-20,30H,2,21-23H2,1H3,(H,35,39). The van der Waals surface area contributed by atoms with Crippen LogP contribution in [0, 0.1) is 5.82 Å². The molecule has 0 bridgehead atoms. The summed E-state index contributed by atoms with van der Waals surface area (Å²) < 4.78 is 42.3. The van der Waals surface area contributed by atoms with Crippen molar-refractivity contribution in [3.63, 3.8) is 0 Å². The number of rotatable bonds is 12. The van der Waals surface area contributed by atoms with Crippen molar-refractivity contribution in [1.29, 1.82) is 0 Å². The first-order chi connectivity index (χ1) is 20.2. The van der Waals surface area contributed by atoms with Crippen LogP contribution in [0.4, 0.5) is 10.1 Å². The molecule has 0 heterocycles. The summed E-state index contributed by atoms with van der Waals surface area (Å²) in [6.45, 7) is 1.54. The minimum absolute atomic E-state index is 0.00720. The minimum atomic E-state index is -4.30. The normalized spacial score (nSPS) is 11.9. The molecule has 0 radical (unpaired) electrons. The van der Waals surface area contributed by atoms with Crippen LogP contribution in [-0.4, -0.2) is 44.3 Å². The van der Waals surface area contributed by atoms with Gasteiger partial charge in [0.1, 0.15) is 18.4 Å². The van der Waals surface area contributed by atoms with E-state index in [9.17, 15) is 22.4 Å². The average Bonchev–Trinajstić information content (AvgIpc) is 2.99. The largest absolute Gasteiger partial charge is 0.355 e. The lowest BCUT2D eigenvalue weighted by atomic mass is 10.0. The summed E-state index contributed by atoms with van der Waals surface area (Å²) in [4.78, 5) is 28.9. The van der Waals surface area contributed by atoms with Gasteiger partial charge in [0, 0.05) is 24.5 Å². The molecule has 0 aromatic heterocycles. The van der Waals surface area contributed by atoms with Crippen molar-refractivity contribution in [2.45, 2.75) is 30.8 Å². The lowest BCUT2D eigenvalue weighted by molar-refractivity contribution is -0.140. The maximum absolute atomic E-state index is 14.2. The highest BCUT2D eigenvalue weighted by Crippen LogP contribution is 2.25. The average molecular weight is 608 g/mol. The molecule has 1 unspecified atom stereocenters. The predicted molar refractivity (Wildman–Crippen MR) is 162 cm³/mol. The highest BCUT2D eigenvalue weighted by atomic mass is 35.5. The van der Waals surface area contributed by atoms with Crippen LogP contribution in [0.5, 0.6) is 0 Å². The van der Waals surface area contributed by atoms with E-state index in [0.29, 0.717) is 17.1 Å². The topological polar surface area (TPSA) is 86.8 Å². The van der Waals surface area contributed by atoms with E-state index in [1.54, 1.807) is 61.5 Å². The Bertz CT molecular complexity index is 1600. The van der Waals surface area contributed by atoms with Crippen molar-refractivity contribution < 1.29 is 22.4 Å². The van der Waals surface area contributed by atoms with Crippen LogP contribution in [-0.2, 0) is 32.6 Å². The number of benzene rings is 4. The van der Waals surface area contributed by atoms with Gasteiger partial charge in [-0.3, -0.25) is 13.9 Å². The molecule has 4 rings (SSSR count). The second-order valence-corrected chi connectivity index (χ2v) is 11.9. The quantitative estimate of drug-likeness (QED) is 0.232. The van der Waals surface area contributed by atoms with Crippen molar-refractivity contribution in [2.24, 2.45) is 0 Å². The van der Waals surface area contributed by atoms with E-state index < -0.39 is 34.3 Å². The van der Waals surface area contributed by atoms with Gasteiger partial charge in [-0.2, -0.15) is 0 Å².